The van der Waals surface area contributed by atoms with Gasteiger partial charge in [-0.25, -0.2) is 4.79 Å². The highest BCUT2D eigenvalue weighted by Crippen LogP contribution is 2.29. The Balaban J connectivity index is 1.63. The fraction of sp³-hybridized carbons (Fsp3) is 0.800. The Bertz CT molecular complexity index is 457. The predicted molar refractivity (Wildman–Crippen MR) is 76.4 cm³/mol. The molecule has 1 unspecified atom stereocenters. The molecule has 116 valence electrons. The molecule has 2 N–H and O–H groups in total. The summed E-state index contributed by atoms with van der Waals surface area (Å²) in [6.07, 6.45) is 8.38. The summed E-state index contributed by atoms with van der Waals surface area (Å²) >= 11 is 0. The largest absolute Gasteiger partial charge is 0.339 e. The van der Waals surface area contributed by atoms with Crippen molar-refractivity contribution in [2.45, 2.75) is 56.9 Å². The van der Waals surface area contributed by atoms with Gasteiger partial charge in [-0.05, 0) is 19.3 Å². The third-order valence-corrected chi connectivity index (χ3v) is 5.05. The van der Waals surface area contributed by atoms with Crippen LogP contribution < -0.4 is 10.6 Å². The molecular weight excluding hydrogens is 270 g/mol. The van der Waals surface area contributed by atoms with Gasteiger partial charge in [0.25, 0.3) is 5.91 Å². The molecule has 0 aromatic carbocycles. The Morgan fingerprint density at radius 2 is 1.76 bits per heavy atom. The topological polar surface area (TPSA) is 78.5 Å². The van der Waals surface area contributed by atoms with Gasteiger partial charge in [0.05, 0.1) is 6.54 Å². The van der Waals surface area contributed by atoms with Crippen LogP contribution in [0.2, 0.25) is 0 Å². The molecule has 4 amide bonds. The second kappa shape index (κ2) is 5.66. The minimum atomic E-state index is -0.881. The molecule has 3 rings (SSSR count). The maximum atomic E-state index is 12.7. The van der Waals surface area contributed by atoms with Crippen molar-refractivity contribution in [2.24, 2.45) is 5.92 Å². The van der Waals surface area contributed by atoms with Gasteiger partial charge in [0, 0.05) is 12.5 Å². The molecule has 6 heteroatoms. The molecule has 2 aliphatic heterocycles. The van der Waals surface area contributed by atoms with Gasteiger partial charge in [-0.3, -0.25) is 14.9 Å². The monoisotopic (exact) mass is 293 g/mol. The van der Waals surface area contributed by atoms with E-state index in [-0.39, 0.29) is 17.7 Å². The maximum Gasteiger partial charge on any atom is 0.322 e. The number of urea groups is 1. The first kappa shape index (κ1) is 14.4. The summed E-state index contributed by atoms with van der Waals surface area (Å²) in [5.74, 6) is -0.0243. The lowest BCUT2D eigenvalue weighted by molar-refractivity contribution is -0.135. The van der Waals surface area contributed by atoms with Crippen LogP contribution in [0.15, 0.2) is 0 Å². The zero-order valence-electron chi connectivity index (χ0n) is 12.3. The number of amides is 4. The summed E-state index contributed by atoms with van der Waals surface area (Å²) in [5.41, 5.74) is -0.881. The van der Waals surface area contributed by atoms with Crippen LogP contribution in [0.1, 0.15) is 51.4 Å². The van der Waals surface area contributed by atoms with Gasteiger partial charge in [-0.2, -0.15) is 0 Å². The molecule has 0 aromatic heterocycles. The third-order valence-electron chi connectivity index (χ3n) is 5.05. The SMILES string of the molecule is O=C1NC(=O)C2(CCN(C(=O)C3CCCCCCC3)C2)N1. The van der Waals surface area contributed by atoms with E-state index >= 15 is 0 Å². The quantitative estimate of drug-likeness (QED) is 0.712. The maximum absolute atomic E-state index is 12.7. The molecule has 2 saturated heterocycles. The summed E-state index contributed by atoms with van der Waals surface area (Å²) < 4.78 is 0. The third kappa shape index (κ3) is 2.76. The molecule has 21 heavy (non-hydrogen) atoms. The van der Waals surface area contributed by atoms with E-state index in [1.165, 1.54) is 19.3 Å². The van der Waals surface area contributed by atoms with Crippen LogP contribution in [0.25, 0.3) is 0 Å². The number of hydrogen-bond donors (Lipinski definition) is 2. The van der Waals surface area contributed by atoms with E-state index < -0.39 is 11.6 Å². The Labute approximate surface area is 124 Å². The van der Waals surface area contributed by atoms with Crippen molar-refractivity contribution >= 4 is 17.8 Å². The van der Waals surface area contributed by atoms with Crippen molar-refractivity contribution in [2.75, 3.05) is 13.1 Å². The van der Waals surface area contributed by atoms with Gasteiger partial charge in [-0.1, -0.05) is 32.1 Å². The number of rotatable bonds is 1. The van der Waals surface area contributed by atoms with Gasteiger partial charge in [0.2, 0.25) is 5.91 Å². The first-order valence-electron chi connectivity index (χ1n) is 8.03. The molecule has 1 atom stereocenters. The normalized spacial score (nSPS) is 31.0. The van der Waals surface area contributed by atoms with Gasteiger partial charge in [-0.15, -0.1) is 0 Å². The van der Waals surface area contributed by atoms with Crippen LogP contribution in [-0.4, -0.2) is 41.4 Å². The molecule has 6 nitrogen and oxygen atoms in total. The first-order valence-corrected chi connectivity index (χ1v) is 8.03. The van der Waals surface area contributed by atoms with Gasteiger partial charge >= 0.3 is 6.03 Å². The Kier molecular flexibility index (Phi) is 3.87. The highest BCUT2D eigenvalue weighted by atomic mass is 16.2. The zero-order valence-corrected chi connectivity index (χ0v) is 12.3. The van der Waals surface area contributed by atoms with Crippen LogP contribution in [0.5, 0.6) is 0 Å². The summed E-state index contributed by atoms with van der Waals surface area (Å²) in [4.78, 5) is 37.7. The molecule has 3 aliphatic rings. The lowest BCUT2D eigenvalue weighted by Crippen LogP contribution is -2.50. The molecule has 2 heterocycles. The summed E-state index contributed by atoms with van der Waals surface area (Å²) in [6, 6.07) is -0.444. The van der Waals surface area contributed by atoms with Gasteiger partial charge in [0.15, 0.2) is 0 Å². The molecule has 0 bridgehead atoms. The number of hydrogen-bond acceptors (Lipinski definition) is 3. The average molecular weight is 293 g/mol. The highest BCUT2D eigenvalue weighted by molar-refractivity contribution is 6.07. The lowest BCUT2D eigenvalue weighted by Gasteiger charge is -2.26. The van der Waals surface area contributed by atoms with E-state index in [0.29, 0.717) is 19.5 Å². The molecule has 0 aromatic rings. The van der Waals surface area contributed by atoms with Crippen molar-refractivity contribution in [3.63, 3.8) is 0 Å². The van der Waals surface area contributed by atoms with E-state index in [0.717, 1.165) is 25.7 Å². The van der Waals surface area contributed by atoms with Crippen molar-refractivity contribution < 1.29 is 14.4 Å². The van der Waals surface area contributed by atoms with E-state index in [9.17, 15) is 14.4 Å². The summed E-state index contributed by atoms with van der Waals surface area (Å²) in [6.45, 7) is 0.878. The highest BCUT2D eigenvalue weighted by Gasteiger charge is 2.52. The average Bonchev–Trinajstić information content (AvgIpc) is 2.94. The Morgan fingerprint density at radius 1 is 1.10 bits per heavy atom. The number of carbonyl (C=O) groups is 3. The standard InChI is InChI=1S/C15H23N3O3/c19-12(11-6-4-2-1-3-5-7-11)18-9-8-15(10-18)13(20)16-14(21)17-15/h11H,1-10H2,(H2,16,17,20,21). The molecule has 1 aliphatic carbocycles. The molecule has 1 saturated carbocycles. The minimum Gasteiger partial charge on any atom is -0.339 e. The van der Waals surface area contributed by atoms with Crippen LogP contribution in [-0.2, 0) is 9.59 Å². The molecule has 1 spiro atoms. The number of imide groups is 1. The van der Waals surface area contributed by atoms with Crippen LogP contribution >= 0.6 is 0 Å². The van der Waals surface area contributed by atoms with E-state index in [1.807, 2.05) is 0 Å². The molecule has 0 radical (unpaired) electrons. The predicted octanol–water partition coefficient (Wildman–Crippen LogP) is 1.16. The van der Waals surface area contributed by atoms with Crippen LogP contribution in [0.4, 0.5) is 4.79 Å². The second-order valence-corrected chi connectivity index (χ2v) is 6.54. The van der Waals surface area contributed by atoms with Crippen LogP contribution in [0.3, 0.4) is 0 Å². The van der Waals surface area contributed by atoms with E-state index in [2.05, 4.69) is 10.6 Å². The number of nitrogens with zero attached hydrogens (tertiary/aromatic N) is 1. The first-order chi connectivity index (χ1) is 10.1. The van der Waals surface area contributed by atoms with Gasteiger partial charge < -0.3 is 10.2 Å². The summed E-state index contributed by atoms with van der Waals surface area (Å²) in [5, 5.41) is 4.98. The fourth-order valence-corrected chi connectivity index (χ4v) is 3.77. The van der Waals surface area contributed by atoms with E-state index in [4.69, 9.17) is 0 Å². The van der Waals surface area contributed by atoms with Crippen molar-refractivity contribution in [1.29, 1.82) is 0 Å². The minimum absolute atomic E-state index is 0.0978. The number of likely N-dealkylation sites (tertiary alicyclic amines) is 1. The molecule has 3 fully saturated rings. The van der Waals surface area contributed by atoms with Crippen molar-refractivity contribution in [3.8, 4) is 0 Å². The Hall–Kier alpha value is -1.59. The Morgan fingerprint density at radius 3 is 2.38 bits per heavy atom. The van der Waals surface area contributed by atoms with Crippen LogP contribution in [0, 0.1) is 5.92 Å². The molecular formula is C15H23N3O3. The zero-order chi connectivity index (χ0) is 14.9. The summed E-state index contributed by atoms with van der Waals surface area (Å²) in [7, 11) is 0. The second-order valence-electron chi connectivity index (χ2n) is 6.54. The van der Waals surface area contributed by atoms with E-state index in [1.54, 1.807) is 4.90 Å². The van der Waals surface area contributed by atoms with Crippen molar-refractivity contribution in [1.82, 2.24) is 15.5 Å². The number of nitrogens with one attached hydrogen (secondary N) is 2. The van der Waals surface area contributed by atoms with Gasteiger partial charge in [0.1, 0.15) is 5.54 Å². The smallest absolute Gasteiger partial charge is 0.322 e. The lowest BCUT2D eigenvalue weighted by atomic mass is 9.90. The van der Waals surface area contributed by atoms with Crippen molar-refractivity contribution in [3.05, 3.63) is 0 Å². The fourth-order valence-electron chi connectivity index (χ4n) is 3.77. The number of carbonyl (C=O) groups excluding carboxylic acids is 3.